The van der Waals surface area contributed by atoms with Gasteiger partial charge in [0.15, 0.2) is 5.78 Å². The second-order valence-corrected chi connectivity index (χ2v) is 3.31. The summed E-state index contributed by atoms with van der Waals surface area (Å²) in [7, 11) is 0. The molecule has 0 aliphatic carbocycles. The van der Waals surface area contributed by atoms with Crippen molar-refractivity contribution in [1.82, 2.24) is 0 Å². The molecule has 0 heterocycles. The number of carbonyl (C=O) groups excluding carboxylic acids is 1. The van der Waals surface area contributed by atoms with E-state index < -0.39 is 28.9 Å². The minimum Gasteiger partial charge on any atom is -0.494 e. The lowest BCUT2D eigenvalue weighted by Gasteiger charge is -2.14. The third kappa shape index (κ3) is 2.95. The molecule has 6 heteroatoms. The number of alkyl halides is 3. The van der Waals surface area contributed by atoms with Gasteiger partial charge in [-0.2, -0.15) is 13.2 Å². The van der Waals surface area contributed by atoms with Gasteiger partial charge in [0.05, 0.1) is 17.7 Å². The number of hydrogen-bond donors (Lipinski definition) is 0. The van der Waals surface area contributed by atoms with Crippen LogP contribution in [0.15, 0.2) is 12.1 Å². The number of rotatable bonds is 3. The van der Waals surface area contributed by atoms with E-state index in [9.17, 15) is 22.4 Å². The molecule has 2 nitrogen and oxygen atoms in total. The van der Waals surface area contributed by atoms with Gasteiger partial charge in [0.1, 0.15) is 11.6 Å². The van der Waals surface area contributed by atoms with Gasteiger partial charge in [-0.25, -0.2) is 4.39 Å². The van der Waals surface area contributed by atoms with E-state index in [2.05, 4.69) is 0 Å². The van der Waals surface area contributed by atoms with E-state index >= 15 is 0 Å². The molecule has 0 fully saturated rings. The van der Waals surface area contributed by atoms with Crippen LogP contribution in [0.3, 0.4) is 0 Å². The molecule has 0 bridgehead atoms. The maximum atomic E-state index is 13.4. The molecule has 0 aliphatic rings. The summed E-state index contributed by atoms with van der Waals surface area (Å²) in [6.07, 6.45) is -4.80. The van der Waals surface area contributed by atoms with Crippen molar-refractivity contribution in [3.63, 3.8) is 0 Å². The lowest BCUT2D eigenvalue weighted by molar-refractivity contribution is -0.138. The third-order valence-electron chi connectivity index (χ3n) is 2.03. The molecule has 0 aromatic heterocycles. The first-order valence-electron chi connectivity index (χ1n) is 4.81. The van der Waals surface area contributed by atoms with Crippen molar-refractivity contribution < 1.29 is 27.1 Å². The summed E-state index contributed by atoms with van der Waals surface area (Å²) < 4.78 is 56.1. The number of benzene rings is 1. The van der Waals surface area contributed by atoms with Crippen molar-refractivity contribution in [1.29, 1.82) is 0 Å². The molecule has 0 spiro atoms. The second-order valence-electron chi connectivity index (χ2n) is 3.31. The number of Topliss-reactive ketones (excluding diaryl/α,β-unsaturated/α-hetero) is 1. The number of hydrogen-bond acceptors (Lipinski definition) is 2. The molecule has 1 rings (SSSR count). The van der Waals surface area contributed by atoms with Crippen molar-refractivity contribution >= 4 is 5.78 Å². The van der Waals surface area contributed by atoms with Gasteiger partial charge in [0.25, 0.3) is 0 Å². The van der Waals surface area contributed by atoms with Crippen LogP contribution in [0.2, 0.25) is 0 Å². The molecule has 0 amide bonds. The van der Waals surface area contributed by atoms with E-state index in [0.29, 0.717) is 6.07 Å². The first kappa shape index (κ1) is 13.5. The fourth-order valence-corrected chi connectivity index (χ4v) is 1.41. The first-order chi connectivity index (χ1) is 7.77. The van der Waals surface area contributed by atoms with Crippen molar-refractivity contribution in [2.24, 2.45) is 0 Å². The molecular weight excluding hydrogens is 240 g/mol. The van der Waals surface area contributed by atoms with Gasteiger partial charge >= 0.3 is 6.18 Å². The highest BCUT2D eigenvalue weighted by molar-refractivity contribution is 5.96. The van der Waals surface area contributed by atoms with E-state index in [0.717, 1.165) is 13.0 Å². The first-order valence-corrected chi connectivity index (χ1v) is 4.81. The maximum absolute atomic E-state index is 13.4. The molecule has 0 radical (unpaired) electrons. The lowest BCUT2D eigenvalue weighted by atomic mass is 10.0. The number of ketones is 1. The van der Waals surface area contributed by atoms with Crippen molar-refractivity contribution in [3.05, 3.63) is 29.1 Å². The summed E-state index contributed by atoms with van der Waals surface area (Å²) in [5.41, 5.74) is -2.27. The summed E-state index contributed by atoms with van der Waals surface area (Å²) in [6, 6.07) is 1.40. The Morgan fingerprint density at radius 1 is 1.35 bits per heavy atom. The molecule has 0 saturated heterocycles. The molecule has 0 aliphatic heterocycles. The Labute approximate surface area is 95.2 Å². The van der Waals surface area contributed by atoms with Crippen LogP contribution in [0.5, 0.6) is 5.75 Å². The van der Waals surface area contributed by atoms with Gasteiger partial charge < -0.3 is 4.74 Å². The molecule has 94 valence electrons. The largest absolute Gasteiger partial charge is 0.494 e. The lowest BCUT2D eigenvalue weighted by Crippen LogP contribution is -2.14. The average molecular weight is 250 g/mol. The van der Waals surface area contributed by atoms with E-state index in [1.54, 1.807) is 6.92 Å². The Hall–Kier alpha value is -1.59. The highest BCUT2D eigenvalue weighted by atomic mass is 19.4. The Bertz CT molecular complexity index is 438. The highest BCUT2D eigenvalue weighted by Crippen LogP contribution is 2.36. The normalized spacial score (nSPS) is 11.4. The molecule has 17 heavy (non-hydrogen) atoms. The molecule has 0 saturated carbocycles. The van der Waals surface area contributed by atoms with Gasteiger partial charge in [-0.15, -0.1) is 0 Å². The SMILES string of the molecule is CCOc1cc(F)c(C(C)=O)c(C(F)(F)F)c1. The maximum Gasteiger partial charge on any atom is 0.417 e. The van der Waals surface area contributed by atoms with Crippen LogP contribution in [0, 0.1) is 5.82 Å². The van der Waals surface area contributed by atoms with Crippen molar-refractivity contribution in [3.8, 4) is 5.75 Å². The van der Waals surface area contributed by atoms with Crippen LogP contribution < -0.4 is 4.74 Å². The fourth-order valence-electron chi connectivity index (χ4n) is 1.41. The van der Waals surface area contributed by atoms with Crippen LogP contribution in [-0.4, -0.2) is 12.4 Å². The Kier molecular flexibility index (Phi) is 3.75. The van der Waals surface area contributed by atoms with Crippen LogP contribution in [-0.2, 0) is 6.18 Å². The number of halogens is 4. The predicted octanol–water partition coefficient (Wildman–Crippen LogP) is 3.45. The van der Waals surface area contributed by atoms with E-state index in [-0.39, 0.29) is 12.4 Å². The Morgan fingerprint density at radius 2 is 1.94 bits per heavy atom. The predicted molar refractivity (Wildman–Crippen MR) is 52.6 cm³/mol. The zero-order chi connectivity index (χ0) is 13.2. The zero-order valence-corrected chi connectivity index (χ0v) is 9.19. The van der Waals surface area contributed by atoms with Crippen molar-refractivity contribution in [2.45, 2.75) is 20.0 Å². The van der Waals surface area contributed by atoms with Gasteiger partial charge in [-0.3, -0.25) is 4.79 Å². The molecular formula is C11H10F4O2. The van der Waals surface area contributed by atoms with Crippen LogP contribution >= 0.6 is 0 Å². The van der Waals surface area contributed by atoms with Crippen LogP contribution in [0.25, 0.3) is 0 Å². The van der Waals surface area contributed by atoms with Crippen LogP contribution in [0.4, 0.5) is 17.6 Å². The highest BCUT2D eigenvalue weighted by Gasteiger charge is 2.36. The number of carbonyl (C=O) groups is 1. The summed E-state index contributed by atoms with van der Waals surface area (Å²) in [5.74, 6) is -2.45. The van der Waals surface area contributed by atoms with Gasteiger partial charge in [0.2, 0.25) is 0 Å². The van der Waals surface area contributed by atoms with E-state index in [1.165, 1.54) is 0 Å². The van der Waals surface area contributed by atoms with Gasteiger partial charge in [-0.05, 0) is 19.9 Å². The summed E-state index contributed by atoms with van der Waals surface area (Å²) in [5, 5.41) is 0. The van der Waals surface area contributed by atoms with Crippen molar-refractivity contribution in [2.75, 3.05) is 6.61 Å². The standard InChI is InChI=1S/C11H10F4O2/c1-3-17-7-4-8(11(13,14)15)10(6(2)16)9(12)5-7/h4-5H,3H2,1-2H3. The quantitative estimate of drug-likeness (QED) is 0.606. The second kappa shape index (κ2) is 4.73. The minimum atomic E-state index is -4.80. The topological polar surface area (TPSA) is 26.3 Å². The van der Waals surface area contributed by atoms with Crippen LogP contribution in [0.1, 0.15) is 29.8 Å². The molecule has 1 aromatic rings. The average Bonchev–Trinajstić information content (AvgIpc) is 2.15. The third-order valence-corrected chi connectivity index (χ3v) is 2.03. The smallest absolute Gasteiger partial charge is 0.417 e. The molecule has 0 unspecified atom stereocenters. The van der Waals surface area contributed by atoms with E-state index in [1.807, 2.05) is 0 Å². The minimum absolute atomic E-state index is 0.107. The molecule has 1 aromatic carbocycles. The van der Waals surface area contributed by atoms with E-state index in [4.69, 9.17) is 4.74 Å². The zero-order valence-electron chi connectivity index (χ0n) is 9.19. The summed E-state index contributed by atoms with van der Waals surface area (Å²) in [6.45, 7) is 2.55. The molecule has 0 atom stereocenters. The summed E-state index contributed by atoms with van der Waals surface area (Å²) in [4.78, 5) is 11.0. The summed E-state index contributed by atoms with van der Waals surface area (Å²) >= 11 is 0. The molecule has 0 N–H and O–H groups in total. The number of ether oxygens (including phenoxy) is 1. The van der Waals surface area contributed by atoms with Gasteiger partial charge in [0, 0.05) is 6.07 Å². The Balaban J connectivity index is 3.45. The fraction of sp³-hybridized carbons (Fsp3) is 0.364. The van der Waals surface area contributed by atoms with Gasteiger partial charge in [-0.1, -0.05) is 0 Å². The monoisotopic (exact) mass is 250 g/mol. The Morgan fingerprint density at radius 3 is 2.35 bits per heavy atom.